The Morgan fingerprint density at radius 1 is 1.56 bits per heavy atom. The van der Waals surface area contributed by atoms with Gasteiger partial charge in [-0.05, 0) is 38.0 Å². The smallest absolute Gasteiger partial charge is 0.0606 e. The normalized spacial score (nSPS) is 20.8. The highest BCUT2D eigenvalue weighted by Gasteiger charge is 2.47. The van der Waals surface area contributed by atoms with E-state index in [4.69, 9.17) is 4.74 Å². The van der Waals surface area contributed by atoms with Gasteiger partial charge in [-0.1, -0.05) is 0 Å². The molecule has 1 saturated heterocycles. The molecule has 4 heteroatoms. The number of ether oxygens (including phenoxy) is 1. The summed E-state index contributed by atoms with van der Waals surface area (Å²) in [5, 5.41) is 11.8. The minimum absolute atomic E-state index is 0.112. The maximum atomic E-state index is 9.64. The van der Waals surface area contributed by atoms with Crippen LogP contribution in [-0.2, 0) is 4.74 Å². The third-order valence-corrected chi connectivity index (χ3v) is 4.41. The van der Waals surface area contributed by atoms with Crippen molar-refractivity contribution in [2.24, 2.45) is 5.41 Å². The van der Waals surface area contributed by atoms with Crippen LogP contribution in [0.5, 0.6) is 0 Å². The molecular weight excluding hydrogens is 222 g/mol. The molecule has 1 fully saturated rings. The molecule has 1 aliphatic rings. The van der Waals surface area contributed by atoms with Gasteiger partial charge in [0.1, 0.15) is 0 Å². The first kappa shape index (κ1) is 12.0. The molecule has 0 amide bonds. The van der Waals surface area contributed by atoms with Crippen LogP contribution in [-0.4, -0.2) is 43.9 Å². The maximum Gasteiger partial charge on any atom is 0.0606 e. The second-order valence-electron chi connectivity index (χ2n) is 4.85. The first-order valence-corrected chi connectivity index (χ1v) is 6.38. The highest BCUT2D eigenvalue weighted by molar-refractivity contribution is 7.10. The first-order valence-electron chi connectivity index (χ1n) is 5.50. The summed E-state index contributed by atoms with van der Waals surface area (Å²) in [5.74, 6) is 0. The van der Waals surface area contributed by atoms with Crippen LogP contribution < -0.4 is 0 Å². The monoisotopic (exact) mass is 241 g/mol. The van der Waals surface area contributed by atoms with Gasteiger partial charge in [0, 0.05) is 4.88 Å². The van der Waals surface area contributed by atoms with E-state index in [9.17, 15) is 5.11 Å². The lowest BCUT2D eigenvalue weighted by Gasteiger charge is -2.48. The zero-order valence-corrected chi connectivity index (χ0v) is 10.9. The summed E-state index contributed by atoms with van der Waals surface area (Å²) in [6.45, 7) is 3.63. The first-order chi connectivity index (χ1) is 7.60. The van der Waals surface area contributed by atoms with E-state index in [1.54, 1.807) is 11.3 Å². The molecule has 0 bridgehead atoms. The fourth-order valence-corrected chi connectivity index (χ4v) is 3.69. The van der Waals surface area contributed by atoms with Crippen molar-refractivity contribution in [3.05, 3.63) is 21.9 Å². The molecule has 90 valence electrons. The molecule has 2 heterocycles. The van der Waals surface area contributed by atoms with Gasteiger partial charge in [-0.15, -0.1) is 11.3 Å². The Morgan fingerprint density at radius 3 is 2.56 bits per heavy atom. The van der Waals surface area contributed by atoms with Gasteiger partial charge in [-0.25, -0.2) is 0 Å². The average Bonchev–Trinajstić information content (AvgIpc) is 2.57. The van der Waals surface area contributed by atoms with E-state index in [0.29, 0.717) is 13.2 Å². The predicted molar refractivity (Wildman–Crippen MR) is 65.8 cm³/mol. The molecule has 2 rings (SSSR count). The number of aliphatic hydroxyl groups excluding tert-OH is 1. The van der Waals surface area contributed by atoms with Crippen molar-refractivity contribution in [1.82, 2.24) is 4.90 Å². The van der Waals surface area contributed by atoms with Gasteiger partial charge in [0.25, 0.3) is 0 Å². The van der Waals surface area contributed by atoms with Crippen molar-refractivity contribution < 1.29 is 9.84 Å². The molecule has 1 aromatic heterocycles. The molecule has 3 nitrogen and oxygen atoms in total. The van der Waals surface area contributed by atoms with Crippen LogP contribution in [0, 0.1) is 12.3 Å². The minimum Gasteiger partial charge on any atom is -0.396 e. The van der Waals surface area contributed by atoms with Crippen molar-refractivity contribution in [2.75, 3.05) is 33.9 Å². The summed E-state index contributed by atoms with van der Waals surface area (Å²) in [4.78, 5) is 3.54. The third kappa shape index (κ3) is 1.80. The highest BCUT2D eigenvalue weighted by Crippen LogP contribution is 2.45. The molecule has 0 aliphatic carbocycles. The van der Waals surface area contributed by atoms with Crippen LogP contribution in [0.1, 0.15) is 16.5 Å². The number of nitrogens with zero attached hydrogens (tertiary/aromatic N) is 1. The molecule has 0 spiro atoms. The average molecular weight is 241 g/mol. The fraction of sp³-hybridized carbons (Fsp3) is 0.667. The molecule has 1 atom stereocenters. The van der Waals surface area contributed by atoms with E-state index in [1.165, 1.54) is 10.4 Å². The Hall–Kier alpha value is -0.420. The summed E-state index contributed by atoms with van der Waals surface area (Å²) >= 11 is 1.77. The van der Waals surface area contributed by atoms with Gasteiger partial charge in [-0.3, -0.25) is 0 Å². The summed E-state index contributed by atoms with van der Waals surface area (Å²) in [5.41, 5.74) is 1.20. The van der Waals surface area contributed by atoms with E-state index in [0.717, 1.165) is 0 Å². The SMILES string of the molecule is Cc1ccsc1C(N(C)C)C1(CO)COC1. The van der Waals surface area contributed by atoms with Gasteiger partial charge >= 0.3 is 0 Å². The summed E-state index contributed by atoms with van der Waals surface area (Å²) in [6.07, 6.45) is 0. The van der Waals surface area contributed by atoms with Crippen LogP contribution >= 0.6 is 11.3 Å². The maximum absolute atomic E-state index is 9.64. The van der Waals surface area contributed by atoms with Gasteiger partial charge in [0.15, 0.2) is 0 Å². The molecule has 0 aromatic carbocycles. The largest absolute Gasteiger partial charge is 0.396 e. The van der Waals surface area contributed by atoms with Crippen molar-refractivity contribution in [3.63, 3.8) is 0 Å². The predicted octanol–water partition coefficient (Wildman–Crippen LogP) is 1.67. The van der Waals surface area contributed by atoms with Crippen molar-refractivity contribution in [3.8, 4) is 0 Å². The number of rotatable bonds is 4. The van der Waals surface area contributed by atoms with Crippen LogP contribution in [0.4, 0.5) is 0 Å². The number of thiophene rings is 1. The molecule has 0 saturated carbocycles. The van der Waals surface area contributed by atoms with E-state index in [2.05, 4.69) is 37.4 Å². The quantitative estimate of drug-likeness (QED) is 0.870. The van der Waals surface area contributed by atoms with Gasteiger partial charge < -0.3 is 14.7 Å². The van der Waals surface area contributed by atoms with Crippen LogP contribution in [0.3, 0.4) is 0 Å². The van der Waals surface area contributed by atoms with Gasteiger partial charge in [-0.2, -0.15) is 0 Å². The summed E-state index contributed by atoms with van der Waals surface area (Å²) in [6, 6.07) is 2.40. The van der Waals surface area contributed by atoms with Crippen LogP contribution in [0.25, 0.3) is 0 Å². The topological polar surface area (TPSA) is 32.7 Å². The fourth-order valence-electron chi connectivity index (χ4n) is 2.42. The Balaban J connectivity index is 2.34. The summed E-state index contributed by atoms with van der Waals surface area (Å²) < 4.78 is 5.32. The standard InChI is InChI=1S/C12H19NO2S/c1-9-4-5-16-10(9)11(13(2)3)12(6-14)7-15-8-12/h4-5,11,14H,6-8H2,1-3H3. The minimum atomic E-state index is -0.112. The zero-order valence-electron chi connectivity index (χ0n) is 10.1. The van der Waals surface area contributed by atoms with Gasteiger partial charge in [0.05, 0.1) is 31.3 Å². The number of hydrogen-bond donors (Lipinski definition) is 1. The lowest BCUT2D eigenvalue weighted by Crippen LogP contribution is -2.53. The number of aliphatic hydroxyl groups is 1. The zero-order chi connectivity index (χ0) is 11.8. The highest BCUT2D eigenvalue weighted by atomic mass is 32.1. The Morgan fingerprint density at radius 2 is 2.25 bits per heavy atom. The molecule has 1 unspecified atom stereocenters. The van der Waals surface area contributed by atoms with Gasteiger partial charge in [0.2, 0.25) is 0 Å². The van der Waals surface area contributed by atoms with E-state index in [1.807, 2.05) is 0 Å². The van der Waals surface area contributed by atoms with E-state index < -0.39 is 0 Å². The molecule has 1 N–H and O–H groups in total. The Kier molecular flexibility index (Phi) is 3.35. The lowest BCUT2D eigenvalue weighted by molar-refractivity contribution is -0.171. The second-order valence-corrected chi connectivity index (χ2v) is 5.79. The van der Waals surface area contributed by atoms with Crippen LogP contribution in [0.15, 0.2) is 11.4 Å². The lowest BCUT2D eigenvalue weighted by atomic mass is 9.77. The Bertz CT molecular complexity index is 352. The second kappa shape index (κ2) is 4.45. The third-order valence-electron chi connectivity index (χ3n) is 3.34. The molecular formula is C12H19NO2S. The number of hydrogen-bond acceptors (Lipinski definition) is 4. The molecule has 1 aromatic rings. The van der Waals surface area contributed by atoms with Crippen molar-refractivity contribution in [1.29, 1.82) is 0 Å². The van der Waals surface area contributed by atoms with Crippen molar-refractivity contribution >= 4 is 11.3 Å². The molecule has 1 aliphatic heterocycles. The van der Waals surface area contributed by atoms with E-state index >= 15 is 0 Å². The van der Waals surface area contributed by atoms with E-state index in [-0.39, 0.29) is 18.1 Å². The molecule has 16 heavy (non-hydrogen) atoms. The van der Waals surface area contributed by atoms with Crippen molar-refractivity contribution in [2.45, 2.75) is 13.0 Å². The number of aryl methyl sites for hydroxylation is 1. The summed E-state index contributed by atoms with van der Waals surface area (Å²) in [7, 11) is 4.14. The van der Waals surface area contributed by atoms with Crippen LogP contribution in [0.2, 0.25) is 0 Å². The molecule has 0 radical (unpaired) electrons. The Labute approximate surface area is 101 Å².